The Labute approximate surface area is 163 Å². The molecule has 0 fully saturated rings. The summed E-state index contributed by atoms with van der Waals surface area (Å²) < 4.78 is 5.67. The van der Waals surface area contributed by atoms with Crippen LogP contribution in [-0.4, -0.2) is 24.0 Å². The maximum absolute atomic E-state index is 12.7. The number of nitrogens with one attached hydrogen (secondary N) is 1. The Morgan fingerprint density at radius 3 is 2.56 bits per heavy atom. The van der Waals surface area contributed by atoms with Gasteiger partial charge < -0.3 is 15.8 Å². The molecular weight excluding hydrogens is 358 g/mol. The average Bonchev–Trinajstić information content (AvgIpc) is 3.07. The van der Waals surface area contributed by atoms with Crippen molar-refractivity contribution in [2.75, 3.05) is 18.5 Å². The SMILES string of the molecule is Cc1nc(-c2cccc(NC(=O)c3cc(C)c(OCCN)c(C)c3)c2)cs1. The number of anilines is 1. The summed E-state index contributed by atoms with van der Waals surface area (Å²) in [5.74, 6) is 0.635. The Morgan fingerprint density at radius 1 is 1.19 bits per heavy atom. The van der Waals surface area contributed by atoms with Gasteiger partial charge in [-0.15, -0.1) is 11.3 Å². The van der Waals surface area contributed by atoms with Crippen LogP contribution >= 0.6 is 11.3 Å². The van der Waals surface area contributed by atoms with Crippen molar-refractivity contribution in [2.24, 2.45) is 5.73 Å². The molecule has 0 spiro atoms. The minimum atomic E-state index is -0.154. The molecule has 3 aromatic rings. The molecule has 27 heavy (non-hydrogen) atoms. The minimum absolute atomic E-state index is 0.154. The van der Waals surface area contributed by atoms with Crippen LogP contribution in [0.1, 0.15) is 26.5 Å². The zero-order chi connectivity index (χ0) is 19.4. The van der Waals surface area contributed by atoms with Crippen molar-refractivity contribution in [1.29, 1.82) is 0 Å². The van der Waals surface area contributed by atoms with Gasteiger partial charge >= 0.3 is 0 Å². The molecule has 0 aliphatic heterocycles. The number of rotatable bonds is 6. The lowest BCUT2D eigenvalue weighted by molar-refractivity contribution is 0.102. The second-order valence-corrected chi connectivity index (χ2v) is 7.43. The number of thiazole rings is 1. The van der Waals surface area contributed by atoms with E-state index in [0.29, 0.717) is 18.7 Å². The van der Waals surface area contributed by atoms with E-state index in [1.54, 1.807) is 11.3 Å². The van der Waals surface area contributed by atoms with Gasteiger partial charge in [0.15, 0.2) is 0 Å². The van der Waals surface area contributed by atoms with Gasteiger partial charge in [0, 0.05) is 28.7 Å². The summed E-state index contributed by atoms with van der Waals surface area (Å²) in [6.07, 6.45) is 0. The summed E-state index contributed by atoms with van der Waals surface area (Å²) in [5, 5.41) is 6.00. The van der Waals surface area contributed by atoms with Crippen molar-refractivity contribution < 1.29 is 9.53 Å². The molecule has 0 aliphatic carbocycles. The van der Waals surface area contributed by atoms with Gasteiger partial charge in [0.2, 0.25) is 0 Å². The Kier molecular flexibility index (Phi) is 5.88. The maximum atomic E-state index is 12.7. The molecule has 0 unspecified atom stereocenters. The summed E-state index contributed by atoms with van der Waals surface area (Å²) in [6.45, 7) is 6.75. The van der Waals surface area contributed by atoms with E-state index in [9.17, 15) is 4.79 Å². The quantitative estimate of drug-likeness (QED) is 0.666. The lowest BCUT2D eigenvalue weighted by Gasteiger charge is -2.14. The maximum Gasteiger partial charge on any atom is 0.255 e. The fourth-order valence-corrected chi connectivity index (χ4v) is 3.55. The number of amides is 1. The monoisotopic (exact) mass is 381 g/mol. The fourth-order valence-electron chi connectivity index (χ4n) is 2.93. The van der Waals surface area contributed by atoms with Crippen molar-refractivity contribution in [1.82, 2.24) is 4.98 Å². The molecule has 0 radical (unpaired) electrons. The van der Waals surface area contributed by atoms with Gasteiger partial charge in [-0.3, -0.25) is 4.79 Å². The fraction of sp³-hybridized carbons (Fsp3) is 0.238. The van der Waals surface area contributed by atoms with Crippen molar-refractivity contribution in [2.45, 2.75) is 20.8 Å². The van der Waals surface area contributed by atoms with E-state index in [1.165, 1.54) is 0 Å². The average molecular weight is 382 g/mol. The molecule has 1 amide bonds. The number of hydrogen-bond acceptors (Lipinski definition) is 5. The molecule has 2 aromatic carbocycles. The van der Waals surface area contributed by atoms with Crippen LogP contribution < -0.4 is 15.8 Å². The van der Waals surface area contributed by atoms with E-state index in [-0.39, 0.29) is 5.91 Å². The van der Waals surface area contributed by atoms with Crippen LogP contribution in [0.3, 0.4) is 0 Å². The summed E-state index contributed by atoms with van der Waals surface area (Å²) in [4.78, 5) is 17.2. The van der Waals surface area contributed by atoms with Crippen molar-refractivity contribution in [3.8, 4) is 17.0 Å². The number of benzene rings is 2. The van der Waals surface area contributed by atoms with Crippen molar-refractivity contribution in [3.63, 3.8) is 0 Å². The molecule has 0 atom stereocenters. The van der Waals surface area contributed by atoms with Crippen LogP contribution in [0, 0.1) is 20.8 Å². The number of hydrogen-bond donors (Lipinski definition) is 2. The first-order valence-corrected chi connectivity index (χ1v) is 9.64. The third kappa shape index (κ3) is 4.53. The highest BCUT2D eigenvalue weighted by atomic mass is 32.1. The zero-order valence-electron chi connectivity index (χ0n) is 15.7. The van der Waals surface area contributed by atoms with E-state index in [4.69, 9.17) is 10.5 Å². The van der Waals surface area contributed by atoms with E-state index in [1.807, 2.05) is 62.5 Å². The van der Waals surface area contributed by atoms with Gasteiger partial charge in [0.05, 0.1) is 10.7 Å². The summed E-state index contributed by atoms with van der Waals surface area (Å²) in [7, 11) is 0. The molecular formula is C21H23N3O2S. The first kappa shape index (κ1) is 19.1. The number of carbonyl (C=O) groups excluding carboxylic acids is 1. The molecule has 5 nitrogen and oxygen atoms in total. The summed E-state index contributed by atoms with van der Waals surface area (Å²) >= 11 is 1.61. The second kappa shape index (κ2) is 8.33. The molecule has 0 saturated heterocycles. The Bertz CT molecular complexity index is 943. The van der Waals surface area contributed by atoms with Gasteiger partial charge in [-0.1, -0.05) is 12.1 Å². The normalized spacial score (nSPS) is 10.7. The molecule has 3 N–H and O–H groups in total. The topological polar surface area (TPSA) is 77.2 Å². The van der Waals surface area contributed by atoms with Crippen LogP contribution in [-0.2, 0) is 0 Å². The van der Waals surface area contributed by atoms with Gasteiger partial charge in [0.25, 0.3) is 5.91 Å². The van der Waals surface area contributed by atoms with Gasteiger partial charge in [0.1, 0.15) is 12.4 Å². The zero-order valence-corrected chi connectivity index (χ0v) is 16.5. The van der Waals surface area contributed by atoms with Crippen molar-refractivity contribution in [3.05, 3.63) is 63.5 Å². The number of carbonyl (C=O) groups is 1. The van der Waals surface area contributed by atoms with Crippen LogP contribution in [0.5, 0.6) is 5.75 Å². The lowest BCUT2D eigenvalue weighted by Crippen LogP contribution is -2.14. The smallest absolute Gasteiger partial charge is 0.255 e. The van der Waals surface area contributed by atoms with Gasteiger partial charge in [-0.25, -0.2) is 4.98 Å². The number of aromatic nitrogens is 1. The Morgan fingerprint density at radius 2 is 1.93 bits per heavy atom. The molecule has 1 heterocycles. The highest BCUT2D eigenvalue weighted by molar-refractivity contribution is 7.09. The van der Waals surface area contributed by atoms with Crippen LogP contribution in [0.25, 0.3) is 11.3 Å². The first-order chi connectivity index (χ1) is 13.0. The van der Waals surface area contributed by atoms with E-state index in [2.05, 4.69) is 10.3 Å². The number of ether oxygens (including phenoxy) is 1. The third-order valence-corrected chi connectivity index (χ3v) is 4.90. The number of nitrogens with two attached hydrogens (primary N) is 1. The largest absolute Gasteiger partial charge is 0.492 e. The van der Waals surface area contributed by atoms with E-state index >= 15 is 0 Å². The second-order valence-electron chi connectivity index (χ2n) is 6.36. The van der Waals surface area contributed by atoms with Crippen LogP contribution in [0.2, 0.25) is 0 Å². The number of nitrogens with zero attached hydrogens (tertiary/aromatic N) is 1. The van der Waals surface area contributed by atoms with Crippen LogP contribution in [0.4, 0.5) is 5.69 Å². The van der Waals surface area contributed by atoms with Crippen LogP contribution in [0.15, 0.2) is 41.8 Å². The standard InChI is InChI=1S/C21H23N3O2S/c1-13-9-17(10-14(2)20(13)26-8-7-22)21(25)24-18-6-4-5-16(11-18)19-12-27-15(3)23-19/h4-6,9-12H,7-8,22H2,1-3H3,(H,24,25). The van der Waals surface area contributed by atoms with Crippen molar-refractivity contribution >= 4 is 22.9 Å². The lowest BCUT2D eigenvalue weighted by atomic mass is 10.0. The highest BCUT2D eigenvalue weighted by Crippen LogP contribution is 2.27. The number of aryl methyl sites for hydroxylation is 3. The molecule has 140 valence electrons. The molecule has 0 bridgehead atoms. The third-order valence-electron chi connectivity index (χ3n) is 4.12. The first-order valence-electron chi connectivity index (χ1n) is 8.76. The molecule has 0 saturated carbocycles. The highest BCUT2D eigenvalue weighted by Gasteiger charge is 2.13. The minimum Gasteiger partial charge on any atom is -0.492 e. The Balaban J connectivity index is 1.79. The van der Waals surface area contributed by atoms with E-state index in [0.717, 1.165) is 38.8 Å². The predicted octanol–water partition coefficient (Wildman–Crippen LogP) is 4.33. The summed E-state index contributed by atoms with van der Waals surface area (Å²) in [6, 6.07) is 11.4. The molecule has 0 aliphatic rings. The molecule has 6 heteroatoms. The Hall–Kier alpha value is -2.70. The molecule has 1 aromatic heterocycles. The predicted molar refractivity (Wildman–Crippen MR) is 111 cm³/mol. The van der Waals surface area contributed by atoms with Gasteiger partial charge in [-0.2, -0.15) is 0 Å². The van der Waals surface area contributed by atoms with E-state index < -0.39 is 0 Å². The molecule has 3 rings (SSSR count). The summed E-state index contributed by atoms with van der Waals surface area (Å²) in [5.41, 5.74) is 10.6. The van der Waals surface area contributed by atoms with Gasteiger partial charge in [-0.05, 0) is 56.2 Å².